The molecule has 1 atom stereocenters. The van der Waals surface area contributed by atoms with Gasteiger partial charge in [0.25, 0.3) is 5.91 Å². The number of amides is 1. The van der Waals surface area contributed by atoms with E-state index >= 15 is 0 Å². The standard InChI is InChI=1S/C18H20N2O2/c21-18(19-22)17-7-4-12-20(17)13-14-8-10-16(11-9-14)15-5-2-1-3-6-15/h1-3,5-6,8-11,17,22H,4,7,12-13H2,(H,19,21)/t17-/m0/s1. The lowest BCUT2D eigenvalue weighted by atomic mass is 10.0. The van der Waals surface area contributed by atoms with Crippen LogP contribution in [0.5, 0.6) is 0 Å². The first-order valence-electron chi connectivity index (χ1n) is 7.60. The summed E-state index contributed by atoms with van der Waals surface area (Å²) in [6.07, 6.45) is 1.79. The maximum atomic E-state index is 11.7. The van der Waals surface area contributed by atoms with Crippen LogP contribution in [0.15, 0.2) is 54.6 Å². The van der Waals surface area contributed by atoms with Crippen LogP contribution in [0.25, 0.3) is 11.1 Å². The molecule has 2 aromatic rings. The number of likely N-dealkylation sites (tertiary alicyclic amines) is 1. The van der Waals surface area contributed by atoms with Gasteiger partial charge < -0.3 is 0 Å². The molecule has 3 rings (SSSR count). The number of carbonyl (C=O) groups is 1. The highest BCUT2D eigenvalue weighted by Gasteiger charge is 2.30. The van der Waals surface area contributed by atoms with Crippen LogP contribution in [0.2, 0.25) is 0 Å². The molecule has 1 amide bonds. The average Bonchev–Trinajstić information content (AvgIpc) is 3.04. The summed E-state index contributed by atoms with van der Waals surface area (Å²) >= 11 is 0. The van der Waals surface area contributed by atoms with E-state index in [1.165, 1.54) is 16.7 Å². The minimum absolute atomic E-state index is 0.223. The van der Waals surface area contributed by atoms with E-state index in [9.17, 15) is 4.79 Å². The SMILES string of the molecule is O=C(NO)[C@@H]1CCCN1Cc1ccc(-c2ccccc2)cc1. The van der Waals surface area contributed by atoms with Crippen molar-refractivity contribution in [3.05, 3.63) is 60.2 Å². The Labute approximate surface area is 130 Å². The third-order valence-electron chi connectivity index (χ3n) is 4.22. The summed E-state index contributed by atoms with van der Waals surface area (Å²) in [4.78, 5) is 13.8. The molecule has 1 fully saturated rings. The maximum absolute atomic E-state index is 11.7. The molecule has 0 unspecified atom stereocenters. The van der Waals surface area contributed by atoms with Crippen molar-refractivity contribution in [1.29, 1.82) is 0 Å². The molecule has 4 heteroatoms. The van der Waals surface area contributed by atoms with E-state index in [0.717, 1.165) is 25.9 Å². The van der Waals surface area contributed by atoms with Crippen LogP contribution >= 0.6 is 0 Å². The van der Waals surface area contributed by atoms with Crippen LogP contribution in [0.4, 0.5) is 0 Å². The van der Waals surface area contributed by atoms with E-state index in [0.29, 0.717) is 0 Å². The van der Waals surface area contributed by atoms with Gasteiger partial charge in [-0.3, -0.25) is 14.9 Å². The van der Waals surface area contributed by atoms with Gasteiger partial charge in [-0.25, -0.2) is 5.48 Å². The van der Waals surface area contributed by atoms with Gasteiger partial charge in [0.2, 0.25) is 0 Å². The lowest BCUT2D eigenvalue weighted by Crippen LogP contribution is -2.41. The largest absolute Gasteiger partial charge is 0.289 e. The van der Waals surface area contributed by atoms with E-state index in [4.69, 9.17) is 5.21 Å². The minimum Gasteiger partial charge on any atom is -0.289 e. The first kappa shape index (κ1) is 14.8. The Balaban J connectivity index is 1.70. The maximum Gasteiger partial charge on any atom is 0.260 e. The van der Waals surface area contributed by atoms with E-state index in [2.05, 4.69) is 41.3 Å². The minimum atomic E-state index is -0.307. The number of hydrogen-bond donors (Lipinski definition) is 2. The topological polar surface area (TPSA) is 52.6 Å². The quantitative estimate of drug-likeness (QED) is 0.674. The lowest BCUT2D eigenvalue weighted by molar-refractivity contribution is -0.134. The van der Waals surface area contributed by atoms with E-state index in [1.54, 1.807) is 5.48 Å². The third kappa shape index (κ3) is 3.18. The van der Waals surface area contributed by atoms with Gasteiger partial charge in [-0.2, -0.15) is 0 Å². The molecule has 1 aliphatic rings. The van der Waals surface area contributed by atoms with Crippen LogP contribution in [-0.4, -0.2) is 28.6 Å². The highest BCUT2D eigenvalue weighted by atomic mass is 16.5. The molecule has 0 saturated carbocycles. The van der Waals surface area contributed by atoms with Gasteiger partial charge in [-0.15, -0.1) is 0 Å². The molecule has 22 heavy (non-hydrogen) atoms. The second-order valence-electron chi connectivity index (χ2n) is 5.67. The van der Waals surface area contributed by atoms with Gasteiger partial charge in [0, 0.05) is 6.54 Å². The molecule has 1 saturated heterocycles. The Morgan fingerprint density at radius 2 is 1.77 bits per heavy atom. The van der Waals surface area contributed by atoms with E-state index in [1.807, 2.05) is 18.2 Å². The Bertz CT molecular complexity index is 625. The normalized spacial score (nSPS) is 18.3. The molecule has 2 N–H and O–H groups in total. The number of nitrogens with one attached hydrogen (secondary N) is 1. The van der Waals surface area contributed by atoms with Crippen molar-refractivity contribution in [2.24, 2.45) is 0 Å². The molecular weight excluding hydrogens is 276 g/mol. The molecule has 0 bridgehead atoms. The Hall–Kier alpha value is -2.17. The first-order valence-corrected chi connectivity index (χ1v) is 7.60. The zero-order valence-electron chi connectivity index (χ0n) is 12.4. The Kier molecular flexibility index (Phi) is 4.51. The summed E-state index contributed by atoms with van der Waals surface area (Å²) in [5.74, 6) is -0.307. The molecule has 4 nitrogen and oxygen atoms in total. The highest BCUT2D eigenvalue weighted by molar-refractivity contribution is 5.80. The van der Waals surface area contributed by atoms with E-state index < -0.39 is 0 Å². The molecule has 114 valence electrons. The van der Waals surface area contributed by atoms with Crippen molar-refractivity contribution in [1.82, 2.24) is 10.4 Å². The van der Waals surface area contributed by atoms with Gasteiger partial charge in [0.15, 0.2) is 0 Å². The van der Waals surface area contributed by atoms with Crippen molar-refractivity contribution in [3.8, 4) is 11.1 Å². The summed E-state index contributed by atoms with van der Waals surface area (Å²) in [6.45, 7) is 1.62. The molecule has 1 heterocycles. The zero-order valence-corrected chi connectivity index (χ0v) is 12.4. The van der Waals surface area contributed by atoms with Crippen molar-refractivity contribution in [2.75, 3.05) is 6.54 Å². The number of benzene rings is 2. The van der Waals surface area contributed by atoms with Gasteiger partial charge in [0.1, 0.15) is 0 Å². The summed E-state index contributed by atoms with van der Waals surface area (Å²) < 4.78 is 0. The van der Waals surface area contributed by atoms with Gasteiger partial charge in [-0.1, -0.05) is 54.6 Å². The monoisotopic (exact) mass is 296 g/mol. The summed E-state index contributed by atoms with van der Waals surface area (Å²) in [6, 6.07) is 18.5. The molecular formula is C18H20N2O2. The summed E-state index contributed by atoms with van der Waals surface area (Å²) in [5.41, 5.74) is 5.34. The fourth-order valence-electron chi connectivity index (χ4n) is 3.05. The average molecular weight is 296 g/mol. The summed E-state index contributed by atoms with van der Waals surface area (Å²) in [7, 11) is 0. The molecule has 0 radical (unpaired) electrons. The summed E-state index contributed by atoms with van der Waals surface area (Å²) in [5, 5.41) is 8.82. The van der Waals surface area contributed by atoms with Gasteiger partial charge in [-0.05, 0) is 36.1 Å². The second-order valence-corrected chi connectivity index (χ2v) is 5.67. The Morgan fingerprint density at radius 1 is 1.09 bits per heavy atom. The zero-order chi connectivity index (χ0) is 15.4. The van der Waals surface area contributed by atoms with Crippen LogP contribution in [0.3, 0.4) is 0 Å². The van der Waals surface area contributed by atoms with Crippen molar-refractivity contribution < 1.29 is 10.0 Å². The number of nitrogens with zero attached hydrogens (tertiary/aromatic N) is 1. The highest BCUT2D eigenvalue weighted by Crippen LogP contribution is 2.23. The van der Waals surface area contributed by atoms with Crippen LogP contribution in [-0.2, 0) is 11.3 Å². The number of hydrogen-bond acceptors (Lipinski definition) is 3. The second kappa shape index (κ2) is 6.73. The van der Waals surface area contributed by atoms with Crippen molar-refractivity contribution >= 4 is 5.91 Å². The Morgan fingerprint density at radius 3 is 2.45 bits per heavy atom. The fraction of sp³-hybridized carbons (Fsp3) is 0.278. The van der Waals surface area contributed by atoms with Crippen LogP contribution < -0.4 is 5.48 Å². The molecule has 0 aromatic heterocycles. The number of hydroxylamine groups is 1. The van der Waals surface area contributed by atoms with Gasteiger partial charge in [0.05, 0.1) is 6.04 Å². The van der Waals surface area contributed by atoms with Crippen molar-refractivity contribution in [3.63, 3.8) is 0 Å². The van der Waals surface area contributed by atoms with Crippen LogP contribution in [0.1, 0.15) is 18.4 Å². The predicted molar refractivity (Wildman–Crippen MR) is 85.2 cm³/mol. The molecule has 0 spiro atoms. The predicted octanol–water partition coefficient (Wildman–Crippen LogP) is 2.82. The van der Waals surface area contributed by atoms with Gasteiger partial charge >= 0.3 is 0 Å². The van der Waals surface area contributed by atoms with Crippen molar-refractivity contribution in [2.45, 2.75) is 25.4 Å². The molecule has 0 aliphatic carbocycles. The number of carbonyl (C=O) groups excluding carboxylic acids is 1. The fourth-order valence-corrected chi connectivity index (χ4v) is 3.05. The van der Waals surface area contributed by atoms with E-state index in [-0.39, 0.29) is 11.9 Å². The van der Waals surface area contributed by atoms with Crippen LogP contribution in [0, 0.1) is 0 Å². The first-order chi connectivity index (χ1) is 10.8. The lowest BCUT2D eigenvalue weighted by Gasteiger charge is -2.22. The third-order valence-corrected chi connectivity index (χ3v) is 4.22. The molecule has 1 aliphatic heterocycles. The molecule has 2 aromatic carbocycles. The smallest absolute Gasteiger partial charge is 0.260 e. The number of rotatable bonds is 4.